The molecule has 2 aliphatic rings. The van der Waals surface area contributed by atoms with Gasteiger partial charge in [-0.15, -0.1) is 0 Å². The number of hydrogen-bond donors (Lipinski definition) is 0. The Kier molecular flexibility index (Phi) is 5.11. The van der Waals surface area contributed by atoms with Crippen molar-refractivity contribution in [3.63, 3.8) is 0 Å². The minimum absolute atomic E-state index is 0.333. The van der Waals surface area contributed by atoms with Crippen molar-refractivity contribution in [2.75, 3.05) is 19.6 Å². The molecule has 30 heavy (non-hydrogen) atoms. The molecule has 1 saturated heterocycles. The van der Waals surface area contributed by atoms with E-state index in [-0.39, 0.29) is 0 Å². The van der Waals surface area contributed by atoms with Crippen molar-refractivity contribution in [3.8, 4) is 0 Å². The van der Waals surface area contributed by atoms with Gasteiger partial charge in [-0.3, -0.25) is 0 Å². The molecule has 1 aliphatic carbocycles. The van der Waals surface area contributed by atoms with Gasteiger partial charge in [0.25, 0.3) is 0 Å². The highest BCUT2D eigenvalue weighted by Gasteiger charge is 2.31. The molecule has 2 aromatic heterocycles. The standard InChI is InChI=1S/C24H28N2O4/c1-25-19-9-5-8-18(20(19)21-22(25)30-24(28)23(27)29-21)12-15-26-13-10-17(11-14-26)16-6-3-2-4-7-16/h2-4,6-7,17-18H,5,8-15H2,1H3. The summed E-state index contributed by atoms with van der Waals surface area (Å²) in [5.41, 5.74) is 2.70. The van der Waals surface area contributed by atoms with Crippen molar-refractivity contribution >= 4 is 11.3 Å². The van der Waals surface area contributed by atoms with Crippen LogP contribution in [0.15, 0.2) is 48.8 Å². The zero-order chi connectivity index (χ0) is 20.7. The van der Waals surface area contributed by atoms with Crippen molar-refractivity contribution in [1.82, 2.24) is 9.47 Å². The van der Waals surface area contributed by atoms with E-state index in [0.29, 0.717) is 23.1 Å². The fraction of sp³-hybridized carbons (Fsp3) is 0.500. The van der Waals surface area contributed by atoms with Crippen molar-refractivity contribution in [3.05, 3.63) is 68.0 Å². The molecule has 1 aliphatic heterocycles. The molecule has 1 fully saturated rings. The molecule has 6 nitrogen and oxygen atoms in total. The summed E-state index contributed by atoms with van der Waals surface area (Å²) in [6.45, 7) is 3.29. The monoisotopic (exact) mass is 408 g/mol. The van der Waals surface area contributed by atoms with Crippen LogP contribution in [-0.2, 0) is 13.5 Å². The molecule has 6 heteroatoms. The molecule has 1 atom stereocenters. The Morgan fingerprint density at radius 2 is 1.73 bits per heavy atom. The lowest BCUT2D eigenvalue weighted by Crippen LogP contribution is -2.34. The molecule has 0 bridgehead atoms. The summed E-state index contributed by atoms with van der Waals surface area (Å²) in [4.78, 5) is 26.0. The van der Waals surface area contributed by atoms with Gasteiger partial charge in [-0.25, -0.2) is 9.59 Å². The van der Waals surface area contributed by atoms with Crippen LogP contribution in [0.1, 0.15) is 60.8 Å². The largest absolute Gasteiger partial charge is 0.424 e. The Bertz CT molecular complexity index is 1150. The first-order valence-electron chi connectivity index (χ1n) is 11.0. The Labute approximate surface area is 175 Å². The van der Waals surface area contributed by atoms with Crippen LogP contribution >= 0.6 is 0 Å². The van der Waals surface area contributed by atoms with Crippen LogP contribution in [0.4, 0.5) is 0 Å². The molecule has 1 unspecified atom stereocenters. The number of aryl methyl sites for hydroxylation is 1. The fourth-order valence-electron chi connectivity index (χ4n) is 5.40. The minimum atomic E-state index is -0.932. The third kappa shape index (κ3) is 3.43. The lowest BCUT2D eigenvalue weighted by Gasteiger charge is -2.33. The van der Waals surface area contributed by atoms with Gasteiger partial charge in [0.2, 0.25) is 5.71 Å². The number of piperidine rings is 1. The number of nitrogens with zero attached hydrogens (tertiary/aromatic N) is 2. The van der Waals surface area contributed by atoms with E-state index in [1.807, 2.05) is 11.6 Å². The Balaban J connectivity index is 1.30. The molecule has 158 valence electrons. The van der Waals surface area contributed by atoms with E-state index in [1.54, 1.807) is 0 Å². The van der Waals surface area contributed by atoms with E-state index >= 15 is 0 Å². The van der Waals surface area contributed by atoms with Crippen molar-refractivity contribution < 1.29 is 8.83 Å². The Morgan fingerprint density at radius 3 is 2.50 bits per heavy atom. The topological polar surface area (TPSA) is 68.6 Å². The van der Waals surface area contributed by atoms with Gasteiger partial charge < -0.3 is 18.3 Å². The summed E-state index contributed by atoms with van der Waals surface area (Å²) < 4.78 is 12.6. The number of benzene rings is 1. The second kappa shape index (κ2) is 7.91. The minimum Gasteiger partial charge on any atom is -0.412 e. The van der Waals surface area contributed by atoms with Gasteiger partial charge >= 0.3 is 11.3 Å². The predicted octanol–water partition coefficient (Wildman–Crippen LogP) is 3.77. The third-order valence-electron chi connectivity index (χ3n) is 7.04. The highest BCUT2D eigenvalue weighted by atomic mass is 16.5. The number of fused-ring (bicyclic) bond motifs is 3. The zero-order valence-corrected chi connectivity index (χ0v) is 17.4. The number of rotatable bonds is 4. The van der Waals surface area contributed by atoms with Crippen LogP contribution in [0.2, 0.25) is 0 Å². The molecule has 0 saturated carbocycles. The molecule has 5 rings (SSSR count). The molecule has 1 aromatic carbocycles. The molecular weight excluding hydrogens is 380 g/mol. The van der Waals surface area contributed by atoms with Crippen molar-refractivity contribution in [2.45, 2.75) is 50.4 Å². The summed E-state index contributed by atoms with van der Waals surface area (Å²) in [5, 5.41) is 0. The second-order valence-corrected chi connectivity index (χ2v) is 8.74. The molecule has 0 radical (unpaired) electrons. The Morgan fingerprint density at radius 1 is 1.00 bits per heavy atom. The summed E-state index contributed by atoms with van der Waals surface area (Å²) >= 11 is 0. The second-order valence-electron chi connectivity index (χ2n) is 8.74. The predicted molar refractivity (Wildman–Crippen MR) is 115 cm³/mol. The third-order valence-corrected chi connectivity index (χ3v) is 7.04. The highest BCUT2D eigenvalue weighted by Crippen LogP contribution is 2.40. The van der Waals surface area contributed by atoms with E-state index in [1.165, 1.54) is 18.4 Å². The van der Waals surface area contributed by atoms with Gasteiger partial charge in [-0.1, -0.05) is 30.3 Å². The molecule has 0 amide bonds. The molecule has 3 aromatic rings. The summed E-state index contributed by atoms with van der Waals surface area (Å²) in [6, 6.07) is 10.8. The lowest BCUT2D eigenvalue weighted by atomic mass is 9.84. The van der Waals surface area contributed by atoms with E-state index in [4.69, 9.17) is 8.83 Å². The maximum Gasteiger partial charge on any atom is 0.424 e. The smallest absolute Gasteiger partial charge is 0.412 e. The number of hydrogen-bond acceptors (Lipinski definition) is 5. The van der Waals surface area contributed by atoms with Crippen molar-refractivity contribution in [2.24, 2.45) is 7.05 Å². The first kappa shape index (κ1) is 19.4. The van der Waals surface area contributed by atoms with Crippen LogP contribution in [-0.4, -0.2) is 29.1 Å². The first-order valence-corrected chi connectivity index (χ1v) is 11.0. The van der Waals surface area contributed by atoms with Gasteiger partial charge in [-0.2, -0.15) is 0 Å². The van der Waals surface area contributed by atoms with E-state index < -0.39 is 11.3 Å². The van der Waals surface area contributed by atoms with E-state index in [2.05, 4.69) is 35.2 Å². The van der Waals surface area contributed by atoms with Gasteiger partial charge in [-0.05, 0) is 75.6 Å². The average molecular weight is 408 g/mol. The average Bonchev–Trinajstić information content (AvgIpc) is 3.05. The maximum atomic E-state index is 11.8. The van der Waals surface area contributed by atoms with Crippen LogP contribution in [0.25, 0.3) is 11.3 Å². The maximum absolute atomic E-state index is 11.8. The summed E-state index contributed by atoms with van der Waals surface area (Å²) in [5.74, 6) is 0.999. The van der Waals surface area contributed by atoms with Gasteiger partial charge in [0.15, 0.2) is 5.58 Å². The summed E-state index contributed by atoms with van der Waals surface area (Å²) in [7, 11) is 1.89. The van der Waals surface area contributed by atoms with Gasteiger partial charge in [0, 0.05) is 18.3 Å². The van der Waals surface area contributed by atoms with Crippen LogP contribution in [0.5, 0.6) is 0 Å². The highest BCUT2D eigenvalue weighted by molar-refractivity contribution is 5.75. The number of likely N-dealkylation sites (tertiary alicyclic amines) is 1. The molecule has 0 spiro atoms. The zero-order valence-electron chi connectivity index (χ0n) is 17.4. The molecular formula is C24H28N2O4. The van der Waals surface area contributed by atoms with E-state index in [9.17, 15) is 9.59 Å². The van der Waals surface area contributed by atoms with Crippen LogP contribution in [0, 0.1) is 0 Å². The Hall–Kier alpha value is -2.60. The van der Waals surface area contributed by atoms with Crippen LogP contribution in [0.3, 0.4) is 0 Å². The SMILES string of the molecule is Cn1c2c(c3oc(=O)c(=O)oc31)C(CCN1CCC(c3ccccc3)CC1)CCC2. The van der Waals surface area contributed by atoms with Crippen molar-refractivity contribution in [1.29, 1.82) is 0 Å². The molecule has 0 N–H and O–H groups in total. The van der Waals surface area contributed by atoms with Gasteiger partial charge in [0.1, 0.15) is 0 Å². The molecule has 3 heterocycles. The number of aromatic nitrogens is 1. The van der Waals surface area contributed by atoms with Crippen LogP contribution < -0.4 is 11.3 Å². The fourth-order valence-corrected chi connectivity index (χ4v) is 5.40. The normalized spacial score (nSPS) is 20.5. The quantitative estimate of drug-likeness (QED) is 0.615. The summed E-state index contributed by atoms with van der Waals surface area (Å²) in [6.07, 6.45) is 6.54. The van der Waals surface area contributed by atoms with Gasteiger partial charge in [0.05, 0.1) is 0 Å². The lowest BCUT2D eigenvalue weighted by molar-refractivity contribution is 0.203. The first-order chi connectivity index (χ1) is 14.6. The van der Waals surface area contributed by atoms with E-state index in [0.717, 1.165) is 56.6 Å².